The number of aryl methyl sites for hydroxylation is 1. The van der Waals surface area contributed by atoms with Gasteiger partial charge in [-0.15, -0.1) is 0 Å². The average molecular weight is 493 g/mol. The summed E-state index contributed by atoms with van der Waals surface area (Å²) < 4.78 is 2.16. The number of carbonyl (C=O) groups excluding carboxylic acids is 1. The lowest BCUT2D eigenvalue weighted by Crippen LogP contribution is -2.27. The largest absolute Gasteiger partial charge is 0.346 e. The normalized spacial score (nSPS) is 22.2. The van der Waals surface area contributed by atoms with Gasteiger partial charge in [0, 0.05) is 47.6 Å². The predicted molar refractivity (Wildman–Crippen MR) is 140 cm³/mol. The number of aromatic nitrogens is 2. The van der Waals surface area contributed by atoms with Gasteiger partial charge in [0.1, 0.15) is 0 Å². The van der Waals surface area contributed by atoms with Crippen molar-refractivity contribution in [3.63, 3.8) is 0 Å². The number of unbranched alkanes of at least 4 members (excludes halogenated alkanes) is 2. The average Bonchev–Trinajstić information content (AvgIpc) is 3.51. The number of Topliss-reactive ketones (excluding diaryl/α,β-unsaturated/α-hetero) is 1. The quantitative estimate of drug-likeness (QED) is 0.271. The summed E-state index contributed by atoms with van der Waals surface area (Å²) in [6.45, 7) is 2.51. The van der Waals surface area contributed by atoms with Crippen molar-refractivity contribution >= 4 is 34.1 Å². The smallest absolute Gasteiger partial charge is 0.180 e. The molecule has 0 bridgehead atoms. The van der Waals surface area contributed by atoms with E-state index in [1.165, 1.54) is 44.9 Å². The second kappa shape index (κ2) is 10.9. The number of halogens is 1. The number of hydrogen-bond donors (Lipinski definition) is 1. The van der Waals surface area contributed by atoms with Gasteiger partial charge in [0.25, 0.3) is 0 Å². The minimum absolute atomic E-state index is 0.0874. The topological polar surface area (TPSA) is 68.5 Å². The highest BCUT2D eigenvalue weighted by Crippen LogP contribution is 2.36. The number of hydrogen-bond acceptors (Lipinski definition) is 5. The minimum atomic E-state index is -0.0886. The van der Waals surface area contributed by atoms with Gasteiger partial charge < -0.3 is 4.57 Å². The highest BCUT2D eigenvalue weighted by atomic mass is 35.5. The Morgan fingerprint density at radius 3 is 2.77 bits per heavy atom. The van der Waals surface area contributed by atoms with Gasteiger partial charge in [-0.05, 0) is 50.3 Å². The molecule has 0 saturated heterocycles. The Labute approximate surface area is 211 Å². The number of benzene rings is 1. The van der Waals surface area contributed by atoms with Gasteiger partial charge in [0.15, 0.2) is 17.8 Å². The van der Waals surface area contributed by atoms with Crippen LogP contribution in [0.1, 0.15) is 74.2 Å². The maximum atomic E-state index is 12.0. The molecule has 2 aromatic heterocycles. The fourth-order valence-corrected chi connectivity index (χ4v) is 5.84. The summed E-state index contributed by atoms with van der Waals surface area (Å²) in [6, 6.07) is 9.72. The third-order valence-corrected chi connectivity index (χ3v) is 7.81. The van der Waals surface area contributed by atoms with E-state index in [-0.39, 0.29) is 12.0 Å². The lowest BCUT2D eigenvalue weighted by atomic mass is 9.79. The highest BCUT2D eigenvalue weighted by Gasteiger charge is 2.31. The number of fused-ring (bicyclic) bond motifs is 1. The van der Waals surface area contributed by atoms with Crippen LogP contribution in [0.5, 0.6) is 0 Å². The van der Waals surface area contributed by atoms with Crippen LogP contribution in [0.4, 0.5) is 0 Å². The number of carbonyl (C=O) groups is 1. The van der Waals surface area contributed by atoms with E-state index in [1.807, 2.05) is 42.7 Å². The van der Waals surface area contributed by atoms with E-state index in [9.17, 15) is 4.79 Å². The number of rotatable bonds is 9. The standard InChI is InChI=1S/C28H33ClN4O2/c1-19(34)24-18-33(26-23(24)9-5-10-25(26)29)16-4-2-3-7-20-11-13-21(14-12-20)28-31-27(32-35-28)22-8-6-15-30-17-22/h5-6,8-10,15,17-18,20-21,28H,2-4,7,11-14,16H2,1H3,(H,31,32). The van der Waals surface area contributed by atoms with Gasteiger partial charge in [0.05, 0.1) is 10.5 Å². The molecule has 0 amide bonds. The van der Waals surface area contributed by atoms with Crippen molar-refractivity contribution in [3.05, 3.63) is 65.1 Å². The summed E-state index contributed by atoms with van der Waals surface area (Å²) in [5.41, 5.74) is 5.71. The number of nitrogens with zero attached hydrogens (tertiary/aromatic N) is 3. The maximum Gasteiger partial charge on any atom is 0.180 e. The molecule has 0 radical (unpaired) electrons. The van der Waals surface area contributed by atoms with Crippen LogP contribution in [-0.2, 0) is 11.4 Å². The molecule has 7 heteroatoms. The van der Waals surface area contributed by atoms with Crippen molar-refractivity contribution in [2.24, 2.45) is 16.8 Å². The molecule has 1 saturated carbocycles. The first kappa shape index (κ1) is 24.0. The van der Waals surface area contributed by atoms with Crippen LogP contribution in [0.25, 0.3) is 10.9 Å². The molecule has 1 atom stereocenters. The summed E-state index contributed by atoms with van der Waals surface area (Å²) >= 11 is 6.46. The van der Waals surface area contributed by atoms with E-state index in [0.717, 1.165) is 46.7 Å². The summed E-state index contributed by atoms with van der Waals surface area (Å²) in [6.07, 6.45) is 15.1. The van der Waals surface area contributed by atoms with Crippen LogP contribution >= 0.6 is 11.6 Å². The number of amidine groups is 1. The summed E-state index contributed by atoms with van der Waals surface area (Å²) in [5.74, 6) is 2.16. The second-order valence-electron chi connectivity index (χ2n) is 9.89. The van der Waals surface area contributed by atoms with E-state index >= 15 is 0 Å². The zero-order valence-electron chi connectivity index (χ0n) is 20.3. The van der Waals surface area contributed by atoms with Crippen LogP contribution in [-0.4, -0.2) is 27.4 Å². The van der Waals surface area contributed by atoms with Gasteiger partial charge in [-0.25, -0.2) is 15.3 Å². The number of pyridine rings is 1. The second-order valence-corrected chi connectivity index (χ2v) is 10.3. The molecule has 1 N–H and O–H groups in total. The molecule has 184 valence electrons. The van der Waals surface area contributed by atoms with Gasteiger partial charge in [-0.3, -0.25) is 9.78 Å². The summed E-state index contributed by atoms with van der Waals surface area (Å²) in [7, 11) is 0. The van der Waals surface area contributed by atoms with E-state index in [0.29, 0.717) is 10.9 Å². The molecule has 1 aromatic carbocycles. The Morgan fingerprint density at radius 1 is 1.14 bits per heavy atom. The molecule has 6 nitrogen and oxygen atoms in total. The Hall–Kier alpha value is -2.70. The summed E-state index contributed by atoms with van der Waals surface area (Å²) in [5, 5.41) is 1.67. The molecule has 1 aliphatic carbocycles. The summed E-state index contributed by atoms with van der Waals surface area (Å²) in [4.78, 5) is 26.8. The van der Waals surface area contributed by atoms with Crippen LogP contribution in [0.3, 0.4) is 0 Å². The molecule has 3 aromatic rings. The molecule has 3 heterocycles. The molecule has 5 rings (SSSR count). The number of ketones is 1. The third kappa shape index (κ3) is 5.44. The molecule has 2 aliphatic rings. The highest BCUT2D eigenvalue weighted by molar-refractivity contribution is 6.35. The van der Waals surface area contributed by atoms with Crippen molar-refractivity contribution in [1.29, 1.82) is 0 Å². The number of hydroxylamine groups is 1. The van der Waals surface area contributed by atoms with E-state index in [4.69, 9.17) is 21.4 Å². The minimum Gasteiger partial charge on any atom is -0.346 e. The zero-order chi connectivity index (χ0) is 24.2. The van der Waals surface area contributed by atoms with Crippen molar-refractivity contribution < 1.29 is 9.63 Å². The first-order valence-electron chi connectivity index (χ1n) is 12.8. The maximum absolute atomic E-state index is 12.0. The van der Waals surface area contributed by atoms with Crippen molar-refractivity contribution in [2.45, 2.75) is 71.1 Å². The Morgan fingerprint density at radius 2 is 2.00 bits per heavy atom. The molecule has 35 heavy (non-hydrogen) atoms. The third-order valence-electron chi connectivity index (χ3n) is 7.50. The van der Waals surface area contributed by atoms with Crippen LogP contribution < -0.4 is 5.48 Å². The number of nitrogens with one attached hydrogen (secondary N) is 1. The van der Waals surface area contributed by atoms with Crippen LogP contribution in [0.2, 0.25) is 5.02 Å². The van der Waals surface area contributed by atoms with E-state index in [2.05, 4.69) is 15.0 Å². The van der Waals surface area contributed by atoms with Crippen molar-refractivity contribution in [1.82, 2.24) is 15.0 Å². The molecule has 0 spiro atoms. The van der Waals surface area contributed by atoms with Gasteiger partial charge in [0.2, 0.25) is 0 Å². The van der Waals surface area contributed by atoms with Gasteiger partial charge in [-0.2, -0.15) is 0 Å². The molecule has 1 fully saturated rings. The Balaban J connectivity index is 1.05. The zero-order valence-corrected chi connectivity index (χ0v) is 21.0. The Bertz CT molecular complexity index is 1200. The monoisotopic (exact) mass is 492 g/mol. The lowest BCUT2D eigenvalue weighted by molar-refractivity contribution is -0.0138. The van der Waals surface area contributed by atoms with Gasteiger partial charge >= 0.3 is 0 Å². The molecule has 1 unspecified atom stereocenters. The first-order valence-corrected chi connectivity index (χ1v) is 13.2. The van der Waals surface area contributed by atoms with Crippen molar-refractivity contribution in [2.75, 3.05) is 0 Å². The van der Waals surface area contributed by atoms with E-state index < -0.39 is 0 Å². The molecule has 1 aliphatic heterocycles. The van der Waals surface area contributed by atoms with Crippen LogP contribution in [0.15, 0.2) is 53.9 Å². The first-order chi connectivity index (χ1) is 17.1. The lowest BCUT2D eigenvalue weighted by Gasteiger charge is -2.30. The SMILES string of the molecule is CC(=O)c1cn(CCCCCC2CCC(C3N=C(c4cccnc4)NO3)CC2)c2c(Cl)cccc12. The van der Waals surface area contributed by atoms with Gasteiger partial charge in [-0.1, -0.05) is 55.8 Å². The molecular formula is C28H33ClN4O2. The van der Waals surface area contributed by atoms with E-state index in [1.54, 1.807) is 13.1 Å². The molecular weight excluding hydrogens is 460 g/mol. The predicted octanol–water partition coefficient (Wildman–Crippen LogP) is 6.57. The fraction of sp³-hybridized carbons (Fsp3) is 0.464. The number of para-hydroxylation sites is 1. The van der Waals surface area contributed by atoms with Crippen LogP contribution in [0, 0.1) is 11.8 Å². The number of aliphatic imine (C=N–C) groups is 1. The fourth-order valence-electron chi connectivity index (χ4n) is 5.56. The van der Waals surface area contributed by atoms with Crippen molar-refractivity contribution in [3.8, 4) is 0 Å². The Kier molecular flexibility index (Phi) is 7.49.